The lowest BCUT2D eigenvalue weighted by Crippen LogP contribution is -2.49. The van der Waals surface area contributed by atoms with Gasteiger partial charge in [0.2, 0.25) is 10.0 Å². The predicted molar refractivity (Wildman–Crippen MR) is 159 cm³/mol. The number of ether oxygens (including phenoxy) is 1. The summed E-state index contributed by atoms with van der Waals surface area (Å²) in [6, 6.07) is 11.1. The normalized spacial score (nSPS) is 16.5. The fraction of sp³-hybridized carbons (Fsp3) is 0.267. The Labute approximate surface area is 270 Å². The number of halogens is 3. The van der Waals surface area contributed by atoms with Crippen LogP contribution in [0.15, 0.2) is 59.5 Å². The maximum Gasteiger partial charge on any atom is 0.490 e. The second kappa shape index (κ2) is 15.1. The highest BCUT2D eigenvalue weighted by atomic mass is 32.2. The third-order valence-corrected chi connectivity index (χ3v) is 8.38. The summed E-state index contributed by atoms with van der Waals surface area (Å²) in [5.41, 5.74) is -0.930. The molecular formula is C30H29F3N2O12S. The molecule has 0 aromatic heterocycles. The number of carboxylic acids is 2. The lowest BCUT2D eigenvalue weighted by molar-refractivity contribution is -0.192. The number of aryl methyl sites for hydroxylation is 1. The van der Waals surface area contributed by atoms with Crippen LogP contribution in [0, 0.1) is 6.92 Å². The SMILES string of the molecule is Cc1ccc(S(=O)(=O)NC2CNCCCC2OC(=O)c2ccc(C(=O)c3c(O)c(O)cc(O)c3C(=O)O)cc2)cc1.O=C(O)C(F)(F)F. The lowest BCUT2D eigenvalue weighted by Gasteiger charge is -2.26. The lowest BCUT2D eigenvalue weighted by atomic mass is 9.95. The monoisotopic (exact) mass is 698 g/mol. The van der Waals surface area contributed by atoms with E-state index in [0.29, 0.717) is 25.5 Å². The average Bonchev–Trinajstić information content (AvgIpc) is 3.22. The van der Waals surface area contributed by atoms with Gasteiger partial charge in [0.15, 0.2) is 17.3 Å². The summed E-state index contributed by atoms with van der Waals surface area (Å²) >= 11 is 0. The molecule has 258 valence electrons. The van der Waals surface area contributed by atoms with Crippen LogP contribution in [0.3, 0.4) is 0 Å². The minimum absolute atomic E-state index is 0.0281. The van der Waals surface area contributed by atoms with E-state index in [-0.39, 0.29) is 22.6 Å². The van der Waals surface area contributed by atoms with E-state index >= 15 is 0 Å². The summed E-state index contributed by atoms with van der Waals surface area (Å²) in [5.74, 6) is -9.08. The van der Waals surface area contributed by atoms with Crippen molar-refractivity contribution >= 4 is 33.7 Å². The maximum atomic E-state index is 13.0. The number of alkyl halides is 3. The van der Waals surface area contributed by atoms with Crippen molar-refractivity contribution in [2.45, 2.75) is 43.0 Å². The van der Waals surface area contributed by atoms with Gasteiger partial charge in [0.25, 0.3) is 0 Å². The van der Waals surface area contributed by atoms with E-state index in [0.717, 1.165) is 5.56 Å². The molecule has 1 aliphatic rings. The number of phenolic OH excluding ortho intramolecular Hbond substituents is 2. The first-order valence-electron chi connectivity index (χ1n) is 13.8. The number of nitrogens with one attached hydrogen (secondary N) is 2. The molecule has 4 rings (SSSR count). The molecule has 1 saturated heterocycles. The molecule has 18 heteroatoms. The minimum Gasteiger partial charge on any atom is -0.507 e. The molecule has 7 N–H and O–H groups in total. The van der Waals surface area contributed by atoms with Crippen LogP contribution in [-0.2, 0) is 19.6 Å². The summed E-state index contributed by atoms with van der Waals surface area (Å²) < 4.78 is 66.0. The topological polar surface area (TPSA) is 237 Å². The number of carbonyl (C=O) groups excluding carboxylic acids is 2. The van der Waals surface area contributed by atoms with Gasteiger partial charge in [-0.3, -0.25) is 4.79 Å². The van der Waals surface area contributed by atoms with Crippen molar-refractivity contribution in [2.24, 2.45) is 0 Å². The zero-order valence-electron chi connectivity index (χ0n) is 24.8. The van der Waals surface area contributed by atoms with E-state index in [1.807, 2.05) is 6.92 Å². The van der Waals surface area contributed by atoms with Crippen molar-refractivity contribution < 1.29 is 71.0 Å². The summed E-state index contributed by atoms with van der Waals surface area (Å²) in [6.45, 7) is 2.66. The first kappa shape index (κ1) is 37.3. The van der Waals surface area contributed by atoms with Gasteiger partial charge >= 0.3 is 24.1 Å². The van der Waals surface area contributed by atoms with Crippen molar-refractivity contribution in [1.29, 1.82) is 0 Å². The quantitative estimate of drug-likeness (QED) is 0.0777. The number of sulfonamides is 1. The minimum atomic E-state index is -5.08. The number of benzene rings is 3. The number of ketones is 1. The molecule has 1 fully saturated rings. The molecule has 1 aliphatic heterocycles. The average molecular weight is 699 g/mol. The van der Waals surface area contributed by atoms with E-state index in [2.05, 4.69) is 10.0 Å². The largest absolute Gasteiger partial charge is 0.507 e. The first-order chi connectivity index (χ1) is 22.3. The fourth-order valence-electron chi connectivity index (χ4n) is 4.45. The Kier molecular flexibility index (Phi) is 11.7. The van der Waals surface area contributed by atoms with Crippen LogP contribution < -0.4 is 10.0 Å². The first-order valence-corrected chi connectivity index (χ1v) is 15.3. The van der Waals surface area contributed by atoms with Crippen LogP contribution in [0.25, 0.3) is 0 Å². The van der Waals surface area contributed by atoms with Gasteiger partial charge in [-0.25, -0.2) is 27.5 Å². The van der Waals surface area contributed by atoms with Gasteiger partial charge in [-0.2, -0.15) is 13.2 Å². The smallest absolute Gasteiger partial charge is 0.490 e. The molecule has 3 aromatic carbocycles. The molecule has 2 unspecified atom stereocenters. The molecule has 0 aliphatic carbocycles. The van der Waals surface area contributed by atoms with E-state index in [1.54, 1.807) is 12.1 Å². The van der Waals surface area contributed by atoms with Gasteiger partial charge in [-0.15, -0.1) is 0 Å². The van der Waals surface area contributed by atoms with Gasteiger partial charge in [0, 0.05) is 18.2 Å². The van der Waals surface area contributed by atoms with Crippen LogP contribution in [0.2, 0.25) is 0 Å². The summed E-state index contributed by atoms with van der Waals surface area (Å²) in [5, 5.41) is 49.5. The number of hydrogen-bond acceptors (Lipinski definition) is 11. The maximum absolute atomic E-state index is 13.0. The molecule has 0 radical (unpaired) electrons. The number of aromatic hydroxyl groups is 3. The molecule has 3 aromatic rings. The number of aliphatic carboxylic acids is 1. The van der Waals surface area contributed by atoms with Crippen LogP contribution in [0.1, 0.15) is 55.0 Å². The van der Waals surface area contributed by atoms with E-state index < -0.39 is 80.4 Å². The molecule has 48 heavy (non-hydrogen) atoms. The van der Waals surface area contributed by atoms with E-state index in [1.165, 1.54) is 36.4 Å². The number of esters is 1. The zero-order chi connectivity index (χ0) is 36.0. The van der Waals surface area contributed by atoms with E-state index in [9.17, 15) is 56.4 Å². The Balaban J connectivity index is 0.000000804. The summed E-state index contributed by atoms with van der Waals surface area (Å²) in [6.07, 6.45) is -4.88. The highest BCUT2D eigenvalue weighted by molar-refractivity contribution is 7.89. The molecule has 0 saturated carbocycles. The molecular weight excluding hydrogens is 669 g/mol. The number of rotatable bonds is 8. The van der Waals surface area contributed by atoms with Gasteiger partial charge in [0.1, 0.15) is 17.4 Å². The third kappa shape index (κ3) is 9.20. The second-order valence-corrected chi connectivity index (χ2v) is 12.1. The fourth-order valence-corrected chi connectivity index (χ4v) is 5.72. The molecule has 0 bridgehead atoms. The van der Waals surface area contributed by atoms with E-state index in [4.69, 9.17) is 14.6 Å². The molecule has 2 atom stereocenters. The van der Waals surface area contributed by atoms with Crippen molar-refractivity contribution in [1.82, 2.24) is 10.0 Å². The Morgan fingerprint density at radius 2 is 1.46 bits per heavy atom. The predicted octanol–water partition coefficient (Wildman–Crippen LogP) is 2.93. The molecule has 0 amide bonds. The Morgan fingerprint density at radius 3 is 2.00 bits per heavy atom. The standard InChI is InChI=1S/C28H28N2O10S.C2HF3O2/c1-15-4-10-18(11-5-15)41(38,39)30-19-14-29-12-2-3-22(19)40-28(37)17-8-6-16(7-9-17)25(33)24-23(27(35)36)20(31)13-21(32)26(24)34;3-2(4,5)1(6)7/h4-11,13,19,22,29-32,34H,2-3,12,14H2,1H3,(H,35,36);(H,6,7). The van der Waals surface area contributed by atoms with Crippen molar-refractivity contribution in [3.8, 4) is 17.2 Å². The van der Waals surface area contributed by atoms with Crippen LogP contribution >= 0.6 is 0 Å². The second-order valence-electron chi connectivity index (χ2n) is 10.4. The number of hydrogen-bond donors (Lipinski definition) is 7. The van der Waals surface area contributed by atoms with Crippen LogP contribution in [-0.4, -0.2) is 89.1 Å². The molecule has 0 spiro atoms. The van der Waals surface area contributed by atoms with Crippen molar-refractivity contribution in [3.63, 3.8) is 0 Å². The number of carbonyl (C=O) groups is 4. The Hall–Kier alpha value is -5.20. The number of aromatic carboxylic acids is 1. The third-order valence-electron chi connectivity index (χ3n) is 6.88. The Bertz CT molecular complexity index is 1800. The van der Waals surface area contributed by atoms with Gasteiger partial charge in [-0.05, 0) is 50.6 Å². The van der Waals surface area contributed by atoms with Gasteiger partial charge in [-0.1, -0.05) is 29.8 Å². The highest BCUT2D eigenvalue weighted by Gasteiger charge is 2.38. The number of carboxylic acid groups (broad SMARTS) is 2. The van der Waals surface area contributed by atoms with Crippen LogP contribution in [0.5, 0.6) is 17.2 Å². The zero-order valence-corrected chi connectivity index (χ0v) is 25.6. The van der Waals surface area contributed by atoms with Gasteiger partial charge < -0.3 is 35.6 Å². The molecule has 1 heterocycles. The summed E-state index contributed by atoms with van der Waals surface area (Å²) in [4.78, 5) is 46.6. The Morgan fingerprint density at radius 1 is 0.896 bits per heavy atom. The number of phenols is 3. The van der Waals surface area contributed by atoms with Crippen LogP contribution in [0.4, 0.5) is 13.2 Å². The van der Waals surface area contributed by atoms with Crippen molar-refractivity contribution in [3.05, 3.63) is 82.4 Å². The highest BCUT2D eigenvalue weighted by Crippen LogP contribution is 2.38. The van der Waals surface area contributed by atoms with Gasteiger partial charge in [0.05, 0.1) is 22.1 Å². The molecule has 14 nitrogen and oxygen atoms in total. The van der Waals surface area contributed by atoms with Crippen molar-refractivity contribution in [2.75, 3.05) is 13.1 Å². The summed E-state index contributed by atoms with van der Waals surface area (Å²) in [7, 11) is -3.90.